The fourth-order valence-electron chi connectivity index (χ4n) is 4.74. The summed E-state index contributed by atoms with van der Waals surface area (Å²) in [7, 11) is 0. The smallest absolute Gasteiger partial charge is 0.290 e. The molecule has 30 heavy (non-hydrogen) atoms. The van der Waals surface area contributed by atoms with Crippen LogP contribution in [-0.4, -0.2) is 57.6 Å². The van der Waals surface area contributed by atoms with E-state index in [1.165, 1.54) is 6.42 Å². The third-order valence-electron chi connectivity index (χ3n) is 6.46. The first-order chi connectivity index (χ1) is 14.5. The van der Waals surface area contributed by atoms with Gasteiger partial charge in [-0.1, -0.05) is 31.4 Å². The lowest BCUT2D eigenvalue weighted by molar-refractivity contribution is -0.134. The number of carbonyl (C=O) groups excluding carboxylic acids is 2. The molecule has 0 bridgehead atoms. The van der Waals surface area contributed by atoms with E-state index in [1.54, 1.807) is 4.90 Å². The zero-order valence-corrected chi connectivity index (χ0v) is 18.0. The highest BCUT2D eigenvalue weighted by atomic mass is 16.5. The summed E-state index contributed by atoms with van der Waals surface area (Å²) < 4.78 is 7.38. The van der Waals surface area contributed by atoms with Crippen molar-refractivity contribution in [3.63, 3.8) is 0 Å². The normalized spacial score (nSPS) is 22.3. The molecule has 1 aromatic heterocycles. The van der Waals surface area contributed by atoms with Crippen LogP contribution in [0.1, 0.15) is 63.0 Å². The standard InChI is InChI=1S/C23H32N4O3/c1-3-30-15-9-14-27-21(28)20-25-18-12-7-8-13-19(18)26(20)16-23(27,2)22(29)24-17-10-5-4-6-11-17/h7-8,12-13,17H,3-6,9-11,14-16H2,1-2H3,(H,24,29)/t23-/m1/s1. The molecule has 7 nitrogen and oxygen atoms in total. The van der Waals surface area contributed by atoms with Crippen molar-refractivity contribution in [2.45, 2.75) is 70.5 Å². The van der Waals surface area contributed by atoms with Gasteiger partial charge in [0.1, 0.15) is 5.54 Å². The molecule has 0 spiro atoms. The molecule has 4 rings (SSSR count). The quantitative estimate of drug-likeness (QED) is 0.709. The fraction of sp³-hybridized carbons (Fsp3) is 0.609. The average molecular weight is 413 g/mol. The lowest BCUT2D eigenvalue weighted by atomic mass is 9.91. The summed E-state index contributed by atoms with van der Waals surface area (Å²) in [4.78, 5) is 33.3. The van der Waals surface area contributed by atoms with Crippen molar-refractivity contribution in [2.24, 2.45) is 0 Å². The Kier molecular flexibility index (Phi) is 6.09. The fourth-order valence-corrected chi connectivity index (χ4v) is 4.74. The lowest BCUT2D eigenvalue weighted by Gasteiger charge is -2.44. The van der Waals surface area contributed by atoms with Gasteiger partial charge in [-0.05, 0) is 45.2 Å². The second-order valence-corrected chi connectivity index (χ2v) is 8.60. The van der Waals surface area contributed by atoms with Crippen LogP contribution in [0, 0.1) is 0 Å². The van der Waals surface area contributed by atoms with Crippen LogP contribution in [0.25, 0.3) is 11.0 Å². The predicted molar refractivity (Wildman–Crippen MR) is 115 cm³/mol. The average Bonchev–Trinajstić information content (AvgIpc) is 3.12. The summed E-state index contributed by atoms with van der Waals surface area (Å²) in [6.07, 6.45) is 6.24. The zero-order chi connectivity index (χ0) is 21.1. The number of ether oxygens (including phenoxy) is 1. The highest BCUT2D eigenvalue weighted by Gasteiger charge is 2.48. The van der Waals surface area contributed by atoms with Crippen molar-refractivity contribution < 1.29 is 14.3 Å². The van der Waals surface area contributed by atoms with Gasteiger partial charge in [-0.3, -0.25) is 9.59 Å². The van der Waals surface area contributed by atoms with Crippen LogP contribution in [0.15, 0.2) is 24.3 Å². The molecule has 162 valence electrons. The van der Waals surface area contributed by atoms with Crippen LogP contribution in [-0.2, 0) is 16.1 Å². The summed E-state index contributed by atoms with van der Waals surface area (Å²) in [5.74, 6) is 0.161. The first kappa shape index (κ1) is 20.8. The van der Waals surface area contributed by atoms with E-state index < -0.39 is 5.54 Å². The number of imidazole rings is 1. The summed E-state index contributed by atoms with van der Waals surface area (Å²) in [6.45, 7) is 5.93. The topological polar surface area (TPSA) is 76.5 Å². The number of amides is 2. The molecule has 1 aliphatic heterocycles. The number of aromatic nitrogens is 2. The van der Waals surface area contributed by atoms with E-state index in [0.29, 0.717) is 38.5 Å². The van der Waals surface area contributed by atoms with Gasteiger partial charge in [0.25, 0.3) is 5.91 Å². The number of fused-ring (bicyclic) bond motifs is 3. The van der Waals surface area contributed by atoms with E-state index in [-0.39, 0.29) is 17.9 Å². The minimum Gasteiger partial charge on any atom is -0.382 e. The van der Waals surface area contributed by atoms with Crippen LogP contribution < -0.4 is 5.32 Å². The minimum absolute atomic E-state index is 0.0670. The number of para-hydroxylation sites is 2. The van der Waals surface area contributed by atoms with Gasteiger partial charge in [0.05, 0.1) is 17.6 Å². The van der Waals surface area contributed by atoms with Crippen molar-refractivity contribution >= 4 is 22.8 Å². The van der Waals surface area contributed by atoms with Gasteiger partial charge in [0.15, 0.2) is 5.82 Å². The minimum atomic E-state index is -0.961. The van der Waals surface area contributed by atoms with E-state index >= 15 is 0 Å². The van der Waals surface area contributed by atoms with Crippen molar-refractivity contribution in [2.75, 3.05) is 19.8 Å². The Labute approximate surface area is 177 Å². The summed E-state index contributed by atoms with van der Waals surface area (Å²) in [5, 5.41) is 3.25. The molecule has 1 aromatic carbocycles. The molecular weight excluding hydrogens is 380 g/mol. The maximum atomic E-state index is 13.5. The molecule has 1 fully saturated rings. The van der Waals surface area contributed by atoms with Crippen LogP contribution in [0.3, 0.4) is 0 Å². The molecule has 7 heteroatoms. The van der Waals surface area contributed by atoms with Gasteiger partial charge in [-0.15, -0.1) is 0 Å². The monoisotopic (exact) mass is 412 g/mol. The highest BCUT2D eigenvalue weighted by Crippen LogP contribution is 2.31. The number of hydrogen-bond donors (Lipinski definition) is 1. The maximum absolute atomic E-state index is 13.5. The molecule has 1 saturated carbocycles. The lowest BCUT2D eigenvalue weighted by Crippen LogP contribution is -2.65. The Bertz CT molecular complexity index is 918. The van der Waals surface area contributed by atoms with Crippen molar-refractivity contribution in [3.8, 4) is 0 Å². The van der Waals surface area contributed by atoms with Crippen molar-refractivity contribution in [1.82, 2.24) is 19.8 Å². The molecule has 2 aliphatic rings. The molecule has 2 heterocycles. The van der Waals surface area contributed by atoms with E-state index in [9.17, 15) is 9.59 Å². The molecule has 2 aromatic rings. The highest BCUT2D eigenvalue weighted by molar-refractivity contribution is 6.01. The van der Waals surface area contributed by atoms with Gasteiger partial charge in [-0.2, -0.15) is 0 Å². The number of nitrogens with one attached hydrogen (secondary N) is 1. The van der Waals surface area contributed by atoms with Gasteiger partial charge >= 0.3 is 0 Å². The van der Waals surface area contributed by atoms with Crippen LogP contribution in [0.4, 0.5) is 0 Å². The van der Waals surface area contributed by atoms with Crippen molar-refractivity contribution in [1.29, 1.82) is 0 Å². The van der Waals surface area contributed by atoms with Gasteiger partial charge in [-0.25, -0.2) is 4.98 Å². The van der Waals surface area contributed by atoms with Crippen molar-refractivity contribution in [3.05, 3.63) is 30.1 Å². The zero-order valence-electron chi connectivity index (χ0n) is 18.0. The Morgan fingerprint density at radius 3 is 2.80 bits per heavy atom. The molecule has 0 saturated heterocycles. The van der Waals surface area contributed by atoms with Crippen LogP contribution >= 0.6 is 0 Å². The summed E-state index contributed by atoms with van der Waals surface area (Å²) >= 11 is 0. The van der Waals surface area contributed by atoms with E-state index in [1.807, 2.05) is 42.7 Å². The summed E-state index contributed by atoms with van der Waals surface area (Å²) in [5.41, 5.74) is 0.718. The van der Waals surface area contributed by atoms with E-state index in [4.69, 9.17) is 4.74 Å². The Morgan fingerprint density at radius 2 is 2.03 bits per heavy atom. The Balaban J connectivity index is 1.65. The SMILES string of the molecule is CCOCCCN1C(=O)c2nc3ccccc3n2C[C@]1(C)C(=O)NC1CCCCC1. The molecule has 1 N–H and O–H groups in total. The molecular formula is C23H32N4O3. The third-order valence-corrected chi connectivity index (χ3v) is 6.46. The maximum Gasteiger partial charge on any atom is 0.290 e. The Hall–Kier alpha value is -2.41. The largest absolute Gasteiger partial charge is 0.382 e. The van der Waals surface area contributed by atoms with Crippen LogP contribution in [0.5, 0.6) is 0 Å². The van der Waals surface area contributed by atoms with Gasteiger partial charge in [0, 0.05) is 25.8 Å². The first-order valence-corrected chi connectivity index (χ1v) is 11.2. The second kappa shape index (κ2) is 8.76. The first-order valence-electron chi connectivity index (χ1n) is 11.2. The predicted octanol–water partition coefficient (Wildman–Crippen LogP) is 3.13. The molecule has 2 amide bonds. The van der Waals surface area contributed by atoms with Gasteiger partial charge < -0.3 is 19.5 Å². The number of rotatable bonds is 7. The second-order valence-electron chi connectivity index (χ2n) is 8.60. The van der Waals surface area contributed by atoms with Crippen LogP contribution in [0.2, 0.25) is 0 Å². The summed E-state index contributed by atoms with van der Waals surface area (Å²) in [6, 6.07) is 7.93. The van der Waals surface area contributed by atoms with E-state index in [0.717, 1.165) is 36.7 Å². The van der Waals surface area contributed by atoms with Gasteiger partial charge in [0.2, 0.25) is 5.91 Å². The Morgan fingerprint density at radius 1 is 1.27 bits per heavy atom. The number of carbonyl (C=O) groups is 2. The number of hydrogen-bond acceptors (Lipinski definition) is 4. The molecule has 0 radical (unpaired) electrons. The third kappa shape index (κ3) is 3.83. The number of nitrogens with zero attached hydrogens (tertiary/aromatic N) is 3. The molecule has 1 atom stereocenters. The molecule has 1 aliphatic carbocycles. The van der Waals surface area contributed by atoms with E-state index in [2.05, 4.69) is 10.3 Å². The molecule has 0 unspecified atom stereocenters. The number of benzene rings is 1.